The maximum Gasteiger partial charge on any atom is 0.315 e. The second-order valence-electron chi connectivity index (χ2n) is 8.19. The molecule has 1 aromatic carbocycles. The average molecular weight is 396 g/mol. The van der Waals surface area contributed by atoms with Crippen LogP contribution in [0.5, 0.6) is 0 Å². The van der Waals surface area contributed by atoms with Gasteiger partial charge in [-0.3, -0.25) is 9.48 Å². The predicted octanol–water partition coefficient (Wildman–Crippen LogP) is 5.32. The predicted molar refractivity (Wildman–Crippen MR) is 117 cm³/mol. The number of hydrogen-bond acceptors (Lipinski definition) is 4. The third-order valence-corrected chi connectivity index (χ3v) is 5.96. The highest BCUT2D eigenvalue weighted by Crippen LogP contribution is 2.46. The molecule has 1 aliphatic rings. The Bertz CT molecular complexity index is 906. The minimum atomic E-state index is -0.420. The summed E-state index contributed by atoms with van der Waals surface area (Å²) in [4.78, 5) is 18.0. The number of benzene rings is 1. The zero-order valence-electron chi connectivity index (χ0n) is 18.6. The Kier molecular flexibility index (Phi) is 6.56. The van der Waals surface area contributed by atoms with Gasteiger partial charge in [-0.15, -0.1) is 0 Å². The monoisotopic (exact) mass is 395 g/mol. The highest BCUT2D eigenvalue weighted by molar-refractivity contribution is 6.05. The number of aryl methyl sites for hydroxylation is 4. The Morgan fingerprint density at radius 3 is 2.41 bits per heavy atom. The zero-order valence-corrected chi connectivity index (χ0v) is 18.6. The molecule has 156 valence electrons. The maximum absolute atomic E-state index is 13.2. The van der Waals surface area contributed by atoms with E-state index in [1.54, 1.807) is 0 Å². The molecule has 0 bridgehead atoms. The summed E-state index contributed by atoms with van der Waals surface area (Å²) >= 11 is 0. The van der Waals surface area contributed by atoms with Crippen LogP contribution in [0.2, 0.25) is 0 Å². The molecule has 0 fully saturated rings. The van der Waals surface area contributed by atoms with Crippen molar-refractivity contribution in [2.45, 2.75) is 66.2 Å². The van der Waals surface area contributed by atoms with Crippen molar-refractivity contribution in [2.75, 3.05) is 6.61 Å². The van der Waals surface area contributed by atoms with Gasteiger partial charge in [0, 0.05) is 24.2 Å². The van der Waals surface area contributed by atoms with Gasteiger partial charge >= 0.3 is 5.97 Å². The molecule has 0 aliphatic carbocycles. The SMILES string of the molecule is CCCCCCOC(=O)C1C(C)=Nc2c(c(C)nn2C)C1c1c(C)cccc1C. The second-order valence-corrected chi connectivity index (χ2v) is 8.19. The number of carbonyl (C=O) groups is 1. The van der Waals surface area contributed by atoms with Crippen molar-refractivity contribution in [1.82, 2.24) is 9.78 Å². The van der Waals surface area contributed by atoms with E-state index in [9.17, 15) is 4.79 Å². The first-order valence-electron chi connectivity index (χ1n) is 10.7. The number of hydrogen-bond donors (Lipinski definition) is 0. The molecule has 2 heterocycles. The molecule has 0 spiro atoms. The smallest absolute Gasteiger partial charge is 0.315 e. The van der Waals surface area contributed by atoms with Gasteiger partial charge in [-0.25, -0.2) is 4.99 Å². The van der Waals surface area contributed by atoms with Gasteiger partial charge in [0.15, 0.2) is 5.82 Å². The molecular formula is C24H33N3O2. The lowest BCUT2D eigenvalue weighted by Gasteiger charge is -2.32. The number of aromatic nitrogens is 2. The first-order chi connectivity index (χ1) is 13.9. The van der Waals surface area contributed by atoms with Gasteiger partial charge in [0.05, 0.1) is 12.3 Å². The van der Waals surface area contributed by atoms with Crippen molar-refractivity contribution in [3.8, 4) is 0 Å². The molecule has 0 N–H and O–H groups in total. The lowest BCUT2D eigenvalue weighted by molar-refractivity contribution is -0.146. The Morgan fingerprint density at radius 2 is 1.76 bits per heavy atom. The second kappa shape index (κ2) is 8.93. The van der Waals surface area contributed by atoms with E-state index < -0.39 is 5.92 Å². The molecule has 2 aromatic rings. The normalized spacial score (nSPS) is 18.3. The van der Waals surface area contributed by atoms with E-state index in [2.05, 4.69) is 44.1 Å². The number of carbonyl (C=O) groups excluding carboxylic acids is 1. The number of fused-ring (bicyclic) bond motifs is 1. The molecule has 5 nitrogen and oxygen atoms in total. The lowest BCUT2D eigenvalue weighted by Crippen LogP contribution is -2.34. The molecule has 5 heteroatoms. The van der Waals surface area contributed by atoms with Crippen LogP contribution >= 0.6 is 0 Å². The first kappa shape index (κ1) is 21.3. The summed E-state index contributed by atoms with van der Waals surface area (Å²) in [6.07, 6.45) is 4.34. The molecule has 2 atom stereocenters. The van der Waals surface area contributed by atoms with Crippen LogP contribution in [0.15, 0.2) is 23.2 Å². The summed E-state index contributed by atoms with van der Waals surface area (Å²) in [6.45, 7) is 10.8. The minimum absolute atomic E-state index is 0.124. The van der Waals surface area contributed by atoms with E-state index in [0.29, 0.717) is 6.61 Å². The highest BCUT2D eigenvalue weighted by atomic mass is 16.5. The van der Waals surface area contributed by atoms with E-state index in [0.717, 1.165) is 35.6 Å². The van der Waals surface area contributed by atoms with Gasteiger partial charge in [-0.05, 0) is 50.8 Å². The van der Waals surface area contributed by atoms with Crippen molar-refractivity contribution in [3.05, 3.63) is 46.1 Å². The molecule has 1 aromatic heterocycles. The van der Waals surface area contributed by atoms with E-state index in [-0.39, 0.29) is 11.9 Å². The fraction of sp³-hybridized carbons (Fsp3) is 0.542. The van der Waals surface area contributed by atoms with E-state index >= 15 is 0 Å². The first-order valence-corrected chi connectivity index (χ1v) is 10.7. The number of aliphatic imine (C=N–C) groups is 1. The zero-order chi connectivity index (χ0) is 21.1. The van der Waals surface area contributed by atoms with Gasteiger partial charge in [-0.1, -0.05) is 44.4 Å². The summed E-state index contributed by atoms with van der Waals surface area (Å²) < 4.78 is 7.57. The quantitative estimate of drug-likeness (QED) is 0.471. The largest absolute Gasteiger partial charge is 0.465 e. The Morgan fingerprint density at radius 1 is 1.07 bits per heavy atom. The molecule has 0 saturated carbocycles. The number of ether oxygens (including phenoxy) is 1. The standard InChI is InChI=1S/C24H33N3O2/c1-7-8-9-10-14-29-24(28)21-17(4)25-23-20(18(5)26-27(23)6)22(21)19-15(2)12-11-13-16(19)3/h11-13,21-22H,7-10,14H2,1-6H3. The molecule has 0 radical (unpaired) electrons. The van der Waals surface area contributed by atoms with Crippen LogP contribution in [-0.4, -0.2) is 28.1 Å². The molecule has 29 heavy (non-hydrogen) atoms. The summed E-state index contributed by atoms with van der Waals surface area (Å²) in [7, 11) is 1.91. The molecule has 0 amide bonds. The summed E-state index contributed by atoms with van der Waals surface area (Å²) in [5.74, 6) is 0.126. The van der Waals surface area contributed by atoms with Crippen molar-refractivity contribution in [3.63, 3.8) is 0 Å². The third-order valence-electron chi connectivity index (χ3n) is 5.96. The molecular weight excluding hydrogens is 362 g/mol. The Hall–Kier alpha value is -2.43. The lowest BCUT2D eigenvalue weighted by atomic mass is 9.74. The summed E-state index contributed by atoms with van der Waals surface area (Å²) in [6, 6.07) is 6.29. The van der Waals surface area contributed by atoms with Crippen LogP contribution in [0, 0.1) is 26.7 Å². The van der Waals surface area contributed by atoms with Crippen LogP contribution in [0.4, 0.5) is 5.82 Å². The van der Waals surface area contributed by atoms with Crippen LogP contribution in [0.1, 0.15) is 73.4 Å². The number of nitrogens with zero attached hydrogens (tertiary/aromatic N) is 3. The summed E-state index contributed by atoms with van der Waals surface area (Å²) in [5, 5.41) is 4.61. The number of rotatable bonds is 7. The van der Waals surface area contributed by atoms with E-state index in [1.165, 1.54) is 29.5 Å². The van der Waals surface area contributed by atoms with Gasteiger partial charge in [0.25, 0.3) is 0 Å². The summed E-state index contributed by atoms with van der Waals surface area (Å²) in [5.41, 5.74) is 6.31. The Labute approximate surface area is 174 Å². The molecule has 1 aliphatic heterocycles. The fourth-order valence-electron chi connectivity index (χ4n) is 4.53. The van der Waals surface area contributed by atoms with Gasteiger partial charge in [0.2, 0.25) is 0 Å². The minimum Gasteiger partial charge on any atom is -0.465 e. The third kappa shape index (κ3) is 4.14. The van der Waals surface area contributed by atoms with Gasteiger partial charge in [0.1, 0.15) is 5.92 Å². The molecule has 2 unspecified atom stereocenters. The fourth-order valence-corrected chi connectivity index (χ4v) is 4.53. The van der Waals surface area contributed by atoms with Crippen molar-refractivity contribution < 1.29 is 9.53 Å². The van der Waals surface area contributed by atoms with Gasteiger partial charge < -0.3 is 4.74 Å². The maximum atomic E-state index is 13.2. The number of esters is 1. The topological polar surface area (TPSA) is 56.5 Å². The van der Waals surface area contributed by atoms with Crippen LogP contribution < -0.4 is 0 Å². The van der Waals surface area contributed by atoms with Crippen LogP contribution in [-0.2, 0) is 16.6 Å². The van der Waals surface area contributed by atoms with Crippen molar-refractivity contribution in [1.29, 1.82) is 0 Å². The number of unbranched alkanes of at least 4 members (excludes halogenated alkanes) is 3. The van der Waals surface area contributed by atoms with Crippen molar-refractivity contribution in [2.24, 2.45) is 18.0 Å². The molecule has 0 saturated heterocycles. The van der Waals surface area contributed by atoms with Crippen LogP contribution in [0.25, 0.3) is 0 Å². The Balaban J connectivity index is 2.02. The average Bonchev–Trinajstić information content (AvgIpc) is 2.94. The van der Waals surface area contributed by atoms with E-state index in [1.807, 2.05) is 25.6 Å². The molecule has 3 rings (SSSR count). The highest BCUT2D eigenvalue weighted by Gasteiger charge is 2.42. The van der Waals surface area contributed by atoms with Crippen molar-refractivity contribution >= 4 is 17.5 Å². The van der Waals surface area contributed by atoms with E-state index in [4.69, 9.17) is 9.73 Å². The van der Waals surface area contributed by atoms with Gasteiger partial charge in [-0.2, -0.15) is 5.10 Å². The van der Waals surface area contributed by atoms with Crippen LogP contribution in [0.3, 0.4) is 0 Å².